The predicted molar refractivity (Wildman–Crippen MR) is 108 cm³/mol. The van der Waals surface area contributed by atoms with Gasteiger partial charge >= 0.3 is 5.63 Å². The van der Waals surface area contributed by atoms with Crippen LogP contribution in [0.4, 0.5) is 16.0 Å². The first-order chi connectivity index (χ1) is 14.0. The topological polar surface area (TPSA) is 154 Å². The highest BCUT2D eigenvalue weighted by Gasteiger charge is 2.22. The van der Waals surface area contributed by atoms with E-state index in [0.717, 1.165) is 17.8 Å². The lowest BCUT2D eigenvalue weighted by atomic mass is 10.2. The fraction of sp³-hybridized carbons (Fsp3) is 0.353. The lowest BCUT2D eigenvalue weighted by Gasteiger charge is -2.15. The lowest BCUT2D eigenvalue weighted by Crippen LogP contribution is -2.22. The molecule has 0 bridgehead atoms. The minimum Gasteiger partial charge on any atom is -0.488 e. The number of aliphatic imine (C=N–C) groups is 1. The van der Waals surface area contributed by atoms with Gasteiger partial charge in [-0.25, -0.2) is 9.79 Å². The van der Waals surface area contributed by atoms with Gasteiger partial charge in [-0.3, -0.25) is 10.1 Å². The van der Waals surface area contributed by atoms with Crippen molar-refractivity contribution in [3.05, 3.63) is 34.5 Å². The van der Waals surface area contributed by atoms with Crippen LogP contribution < -0.4 is 26.7 Å². The summed E-state index contributed by atoms with van der Waals surface area (Å²) in [5.41, 5.74) is 5.53. The summed E-state index contributed by atoms with van der Waals surface area (Å²) in [4.78, 5) is 28.9. The van der Waals surface area contributed by atoms with Gasteiger partial charge in [0.2, 0.25) is 16.0 Å². The third kappa shape index (κ3) is 5.18. The molecule has 4 N–H and O–H groups in total. The number of carbonyl (C=O) groups is 1. The van der Waals surface area contributed by atoms with Crippen LogP contribution in [0.5, 0.6) is 5.75 Å². The number of amides is 1. The summed E-state index contributed by atoms with van der Waals surface area (Å²) in [6, 6.07) is 1.42. The van der Waals surface area contributed by atoms with Crippen LogP contribution in [0.25, 0.3) is 0 Å². The van der Waals surface area contributed by atoms with Crippen LogP contribution in [0.3, 0.4) is 0 Å². The molecule has 29 heavy (non-hydrogen) atoms. The minimum atomic E-state index is -0.770. The number of carbonyl (C=O) groups excluding carboxylic acids is 1. The summed E-state index contributed by atoms with van der Waals surface area (Å²) in [6.07, 6.45) is 3.74. The van der Waals surface area contributed by atoms with E-state index in [4.69, 9.17) is 19.6 Å². The summed E-state index contributed by atoms with van der Waals surface area (Å²) in [6.45, 7) is 2.87. The van der Waals surface area contributed by atoms with Crippen LogP contribution in [-0.4, -0.2) is 48.2 Å². The molecular weight excluding hydrogens is 400 g/mol. The van der Waals surface area contributed by atoms with Gasteiger partial charge in [0.1, 0.15) is 0 Å². The summed E-state index contributed by atoms with van der Waals surface area (Å²) < 4.78 is 15.5. The second-order valence-corrected chi connectivity index (χ2v) is 6.96. The standard InChI is InChI=1S/C17H20N6O5S/c1-9(3-5-18)19-16-22-23-17(29-16)21-14(24)12-7-11(13(26-2)15(25)28-12)20-10-4-6-27-8-10/h3,5,7,10,20H,4,6,8,18H2,1-2H3,(H,21,23,24)/t10-/m1/s1. The molecule has 1 aliphatic rings. The zero-order chi connectivity index (χ0) is 20.8. The number of rotatable bonds is 7. The Labute approximate surface area is 169 Å². The van der Waals surface area contributed by atoms with Crippen LogP contribution in [0, 0.1) is 0 Å². The Morgan fingerprint density at radius 3 is 3.00 bits per heavy atom. The van der Waals surface area contributed by atoms with E-state index in [-0.39, 0.29) is 22.7 Å². The van der Waals surface area contributed by atoms with Gasteiger partial charge in [-0.05, 0) is 25.6 Å². The summed E-state index contributed by atoms with van der Waals surface area (Å²) in [7, 11) is 1.35. The molecule has 1 fully saturated rings. The molecule has 12 heteroatoms. The number of anilines is 2. The first-order valence-corrected chi connectivity index (χ1v) is 9.46. The molecule has 1 amide bonds. The van der Waals surface area contributed by atoms with E-state index in [9.17, 15) is 9.59 Å². The second kappa shape index (κ2) is 9.30. The van der Waals surface area contributed by atoms with Crippen molar-refractivity contribution in [2.24, 2.45) is 10.7 Å². The molecule has 1 saturated heterocycles. The van der Waals surface area contributed by atoms with Gasteiger partial charge in [-0.2, -0.15) is 0 Å². The average molecular weight is 420 g/mol. The van der Waals surface area contributed by atoms with Crippen LogP contribution >= 0.6 is 11.3 Å². The van der Waals surface area contributed by atoms with Crippen molar-refractivity contribution >= 4 is 38.9 Å². The molecule has 3 rings (SSSR count). The van der Waals surface area contributed by atoms with Gasteiger partial charge < -0.3 is 24.9 Å². The van der Waals surface area contributed by atoms with E-state index in [1.807, 2.05) is 0 Å². The first-order valence-electron chi connectivity index (χ1n) is 8.65. The number of hydrogen-bond donors (Lipinski definition) is 3. The lowest BCUT2D eigenvalue weighted by molar-refractivity contribution is 0.0991. The van der Waals surface area contributed by atoms with Gasteiger partial charge in [-0.15, -0.1) is 10.2 Å². The highest BCUT2D eigenvalue weighted by atomic mass is 32.1. The fourth-order valence-electron chi connectivity index (χ4n) is 2.56. The smallest absolute Gasteiger partial charge is 0.381 e. The largest absolute Gasteiger partial charge is 0.488 e. The number of nitrogens with two attached hydrogens (primary N) is 1. The third-order valence-corrected chi connectivity index (χ3v) is 4.60. The second-order valence-electron chi connectivity index (χ2n) is 6.01. The van der Waals surface area contributed by atoms with Crippen LogP contribution in [-0.2, 0) is 4.74 Å². The molecule has 0 saturated carbocycles. The zero-order valence-electron chi connectivity index (χ0n) is 15.8. The molecule has 0 aliphatic carbocycles. The molecule has 1 atom stereocenters. The number of ether oxygens (including phenoxy) is 2. The molecule has 3 heterocycles. The quantitative estimate of drug-likeness (QED) is 0.565. The van der Waals surface area contributed by atoms with E-state index in [2.05, 4.69) is 25.8 Å². The van der Waals surface area contributed by atoms with Crippen molar-refractivity contribution in [3.63, 3.8) is 0 Å². The molecule has 0 aromatic carbocycles. The Balaban J connectivity index is 1.78. The van der Waals surface area contributed by atoms with Crippen LogP contribution in [0.15, 0.2) is 32.5 Å². The maximum absolute atomic E-state index is 12.5. The number of methoxy groups -OCH3 is 1. The van der Waals surface area contributed by atoms with Gasteiger partial charge in [0.25, 0.3) is 5.91 Å². The van der Waals surface area contributed by atoms with Crippen LogP contribution in [0.1, 0.15) is 23.9 Å². The fourth-order valence-corrected chi connectivity index (χ4v) is 3.23. The number of nitrogens with one attached hydrogen (secondary N) is 2. The molecule has 2 aromatic heterocycles. The highest BCUT2D eigenvalue weighted by molar-refractivity contribution is 7.18. The van der Waals surface area contributed by atoms with Gasteiger partial charge in [0.05, 0.1) is 25.4 Å². The Kier molecular flexibility index (Phi) is 6.57. The van der Waals surface area contributed by atoms with Crippen molar-refractivity contribution in [1.29, 1.82) is 0 Å². The van der Waals surface area contributed by atoms with Gasteiger partial charge in [0.15, 0.2) is 5.76 Å². The number of allylic oxidation sites excluding steroid dienone is 1. The van der Waals surface area contributed by atoms with Crippen molar-refractivity contribution in [2.75, 3.05) is 31.0 Å². The summed E-state index contributed by atoms with van der Waals surface area (Å²) in [5, 5.41) is 14.0. The average Bonchev–Trinajstić information content (AvgIpc) is 3.34. The normalized spacial score (nSPS) is 16.9. The predicted octanol–water partition coefficient (Wildman–Crippen LogP) is 1.52. The van der Waals surface area contributed by atoms with Crippen molar-refractivity contribution in [1.82, 2.24) is 10.2 Å². The SMILES string of the molecule is COc1c(N[C@@H]2CCOC2)cc(C(=O)Nc2nnc(N=C(C)C=CN)s2)oc1=O. The van der Waals surface area contributed by atoms with E-state index in [1.54, 1.807) is 13.0 Å². The molecule has 0 radical (unpaired) electrons. The van der Waals surface area contributed by atoms with Gasteiger partial charge in [-0.1, -0.05) is 11.3 Å². The molecule has 0 unspecified atom stereocenters. The van der Waals surface area contributed by atoms with Crippen molar-refractivity contribution in [2.45, 2.75) is 19.4 Å². The maximum atomic E-state index is 12.5. The summed E-state index contributed by atoms with van der Waals surface area (Å²) in [5.74, 6) is -0.857. The zero-order valence-corrected chi connectivity index (χ0v) is 16.6. The third-order valence-electron chi connectivity index (χ3n) is 3.87. The van der Waals surface area contributed by atoms with E-state index in [1.165, 1.54) is 19.4 Å². The van der Waals surface area contributed by atoms with E-state index in [0.29, 0.717) is 29.7 Å². The summed E-state index contributed by atoms with van der Waals surface area (Å²) >= 11 is 1.06. The highest BCUT2D eigenvalue weighted by Crippen LogP contribution is 2.26. The van der Waals surface area contributed by atoms with Crippen LogP contribution in [0.2, 0.25) is 0 Å². The molecule has 2 aromatic rings. The Morgan fingerprint density at radius 2 is 2.31 bits per heavy atom. The minimum absolute atomic E-state index is 0.00979. The molecular formula is C17H20N6O5S. The number of hydrogen-bond acceptors (Lipinski definition) is 11. The molecule has 11 nitrogen and oxygen atoms in total. The van der Waals surface area contributed by atoms with E-state index >= 15 is 0 Å². The first kappa shape index (κ1) is 20.5. The molecule has 0 spiro atoms. The monoisotopic (exact) mass is 420 g/mol. The number of nitrogens with zero attached hydrogens (tertiary/aromatic N) is 3. The Morgan fingerprint density at radius 1 is 1.48 bits per heavy atom. The Hall–Kier alpha value is -3.25. The number of aromatic nitrogens is 2. The van der Waals surface area contributed by atoms with E-state index < -0.39 is 11.5 Å². The van der Waals surface area contributed by atoms with Crippen molar-refractivity contribution in [3.8, 4) is 5.75 Å². The molecule has 154 valence electrons. The molecule has 1 aliphatic heterocycles. The maximum Gasteiger partial charge on any atom is 0.381 e. The van der Waals surface area contributed by atoms with Gasteiger partial charge in [0, 0.05) is 18.4 Å². The van der Waals surface area contributed by atoms with Crippen molar-refractivity contribution < 1.29 is 18.7 Å². The Bertz CT molecular complexity index is 992.